The van der Waals surface area contributed by atoms with E-state index in [-0.39, 0.29) is 5.91 Å². The van der Waals surface area contributed by atoms with Crippen molar-refractivity contribution in [2.75, 3.05) is 23.3 Å². The minimum atomic E-state index is -0.126. The predicted octanol–water partition coefficient (Wildman–Crippen LogP) is 6.16. The quantitative estimate of drug-likeness (QED) is 0.421. The molecule has 0 bridgehead atoms. The summed E-state index contributed by atoms with van der Waals surface area (Å²) in [5.41, 5.74) is 4.61. The molecule has 1 saturated heterocycles. The summed E-state index contributed by atoms with van der Waals surface area (Å²) < 4.78 is 5.74. The molecule has 1 N–H and O–H groups in total. The highest BCUT2D eigenvalue weighted by Gasteiger charge is 2.13. The summed E-state index contributed by atoms with van der Waals surface area (Å²) in [6.07, 6.45) is 5.46. The maximum atomic E-state index is 12.6. The fourth-order valence-electron chi connectivity index (χ4n) is 3.77. The summed E-state index contributed by atoms with van der Waals surface area (Å²) >= 11 is 0. The van der Waals surface area contributed by atoms with Gasteiger partial charge in [0.1, 0.15) is 0 Å². The molecule has 1 amide bonds. The molecule has 4 aromatic rings. The first-order chi connectivity index (χ1) is 15.8. The van der Waals surface area contributed by atoms with Crippen molar-refractivity contribution in [1.82, 2.24) is 9.97 Å². The van der Waals surface area contributed by atoms with E-state index in [1.807, 2.05) is 74.5 Å². The van der Waals surface area contributed by atoms with Crippen molar-refractivity contribution in [3.63, 3.8) is 0 Å². The Labute approximate surface area is 188 Å². The number of benzene rings is 2. The van der Waals surface area contributed by atoms with Gasteiger partial charge in [-0.25, -0.2) is 4.98 Å². The Kier molecular flexibility index (Phi) is 6.80. The Morgan fingerprint density at radius 1 is 0.938 bits per heavy atom. The summed E-state index contributed by atoms with van der Waals surface area (Å²) in [7, 11) is 0. The molecule has 5 rings (SSSR count). The van der Waals surface area contributed by atoms with E-state index in [0.717, 1.165) is 24.3 Å². The smallest absolute Gasteiger partial charge is 0.255 e. The van der Waals surface area contributed by atoms with Gasteiger partial charge in [-0.2, -0.15) is 4.98 Å². The van der Waals surface area contributed by atoms with Crippen LogP contribution in [0.1, 0.15) is 43.5 Å². The molecule has 1 aliphatic heterocycles. The lowest BCUT2D eigenvalue weighted by atomic mass is 10.1. The van der Waals surface area contributed by atoms with Gasteiger partial charge in [-0.15, -0.1) is 0 Å². The van der Waals surface area contributed by atoms with Gasteiger partial charge >= 0.3 is 0 Å². The number of carbonyl (C=O) groups excluding carboxylic acids is 1. The van der Waals surface area contributed by atoms with Crippen LogP contribution in [0.15, 0.2) is 71.3 Å². The molecule has 2 aromatic heterocycles. The summed E-state index contributed by atoms with van der Waals surface area (Å²) in [5, 5.41) is 2.95. The van der Waals surface area contributed by atoms with Crippen LogP contribution < -0.4 is 10.2 Å². The molecule has 6 heteroatoms. The normalized spacial score (nSPS) is 13.4. The standard InChI is InChI=1S/C24H22N4O2.C2H6/c29-23(17-8-12-20(13-9-17)28-15-2-1-3-16-28)26-19-10-6-18(7-11-19)24-27-22-21(30-24)5-4-14-25-22;1-2/h4-14H,1-3,15-16H2,(H,26,29);1-2H3. The number of nitrogens with one attached hydrogen (secondary N) is 1. The Morgan fingerprint density at radius 2 is 1.66 bits per heavy atom. The Balaban J connectivity index is 0.00000119. The number of hydrogen-bond donors (Lipinski definition) is 1. The molecule has 0 saturated carbocycles. The lowest BCUT2D eigenvalue weighted by Gasteiger charge is -2.28. The fraction of sp³-hybridized carbons (Fsp3) is 0.269. The van der Waals surface area contributed by atoms with E-state index in [1.165, 1.54) is 24.9 Å². The van der Waals surface area contributed by atoms with E-state index in [4.69, 9.17) is 4.42 Å². The third-order valence-electron chi connectivity index (χ3n) is 5.41. The molecule has 3 heterocycles. The number of oxazole rings is 1. The van der Waals surface area contributed by atoms with Crippen molar-refractivity contribution in [2.45, 2.75) is 33.1 Å². The second-order valence-electron chi connectivity index (χ2n) is 7.47. The van der Waals surface area contributed by atoms with Gasteiger partial charge in [0, 0.05) is 41.8 Å². The molecule has 1 fully saturated rings. The molecule has 2 aromatic carbocycles. The number of nitrogens with zero attached hydrogens (tertiary/aromatic N) is 3. The summed E-state index contributed by atoms with van der Waals surface area (Å²) in [6, 6.07) is 18.9. The molecule has 0 spiro atoms. The Bertz CT molecular complexity index is 1130. The first-order valence-corrected chi connectivity index (χ1v) is 11.2. The lowest BCUT2D eigenvalue weighted by Crippen LogP contribution is -2.29. The van der Waals surface area contributed by atoms with E-state index < -0.39 is 0 Å². The van der Waals surface area contributed by atoms with E-state index in [2.05, 4.69) is 20.2 Å². The molecule has 0 aliphatic carbocycles. The van der Waals surface area contributed by atoms with Gasteiger partial charge in [-0.05, 0) is 79.9 Å². The molecule has 1 aliphatic rings. The molecule has 6 nitrogen and oxygen atoms in total. The first-order valence-electron chi connectivity index (χ1n) is 11.2. The van der Waals surface area contributed by atoms with Crippen LogP contribution in [0.2, 0.25) is 0 Å². The number of pyridine rings is 1. The summed E-state index contributed by atoms with van der Waals surface area (Å²) in [5.74, 6) is 0.383. The van der Waals surface area contributed by atoms with Crippen molar-refractivity contribution in [3.8, 4) is 11.5 Å². The number of amides is 1. The predicted molar refractivity (Wildman–Crippen MR) is 129 cm³/mol. The zero-order valence-corrected chi connectivity index (χ0v) is 18.5. The molecule has 164 valence electrons. The maximum absolute atomic E-state index is 12.6. The second-order valence-corrected chi connectivity index (χ2v) is 7.47. The van der Waals surface area contributed by atoms with Gasteiger partial charge in [0.2, 0.25) is 5.89 Å². The topological polar surface area (TPSA) is 71.3 Å². The number of anilines is 2. The Morgan fingerprint density at radius 3 is 2.34 bits per heavy atom. The molecule has 0 unspecified atom stereocenters. The molecule has 0 radical (unpaired) electrons. The van der Waals surface area contributed by atoms with Gasteiger partial charge in [0.15, 0.2) is 11.2 Å². The SMILES string of the molecule is CC.O=C(Nc1ccc(-c2nc3ncccc3o2)cc1)c1ccc(N2CCCCC2)cc1. The number of carbonyl (C=O) groups is 1. The fourth-order valence-corrected chi connectivity index (χ4v) is 3.77. The van der Waals surface area contributed by atoms with Crippen LogP contribution in [0.4, 0.5) is 11.4 Å². The van der Waals surface area contributed by atoms with Crippen molar-refractivity contribution >= 4 is 28.5 Å². The van der Waals surface area contributed by atoms with Crippen LogP contribution >= 0.6 is 0 Å². The van der Waals surface area contributed by atoms with Gasteiger partial charge in [0.05, 0.1) is 0 Å². The monoisotopic (exact) mass is 428 g/mol. The zero-order valence-electron chi connectivity index (χ0n) is 18.5. The van der Waals surface area contributed by atoms with Crippen LogP contribution in [0.25, 0.3) is 22.7 Å². The molecule has 32 heavy (non-hydrogen) atoms. The number of fused-ring (bicyclic) bond motifs is 1. The van der Waals surface area contributed by atoms with Crippen LogP contribution in [0.5, 0.6) is 0 Å². The lowest BCUT2D eigenvalue weighted by molar-refractivity contribution is 0.102. The van der Waals surface area contributed by atoms with Gasteiger partial charge < -0.3 is 14.6 Å². The largest absolute Gasteiger partial charge is 0.434 e. The van der Waals surface area contributed by atoms with Crippen LogP contribution in [0, 0.1) is 0 Å². The molecule has 0 atom stereocenters. The highest BCUT2D eigenvalue weighted by atomic mass is 16.3. The third kappa shape index (κ3) is 4.80. The highest BCUT2D eigenvalue weighted by Crippen LogP contribution is 2.25. The van der Waals surface area contributed by atoms with E-state index >= 15 is 0 Å². The molecular weight excluding hydrogens is 400 g/mol. The third-order valence-corrected chi connectivity index (χ3v) is 5.41. The first kappa shape index (κ1) is 21.6. The van der Waals surface area contributed by atoms with Crippen LogP contribution in [0.3, 0.4) is 0 Å². The van der Waals surface area contributed by atoms with Crippen LogP contribution in [-0.2, 0) is 0 Å². The van der Waals surface area contributed by atoms with Crippen molar-refractivity contribution in [1.29, 1.82) is 0 Å². The zero-order chi connectivity index (χ0) is 22.3. The average Bonchev–Trinajstić information content (AvgIpc) is 3.31. The number of hydrogen-bond acceptors (Lipinski definition) is 5. The van der Waals surface area contributed by atoms with E-state index in [9.17, 15) is 4.79 Å². The molecular formula is C26H28N4O2. The van der Waals surface area contributed by atoms with Gasteiger partial charge in [0.25, 0.3) is 5.91 Å². The van der Waals surface area contributed by atoms with Gasteiger partial charge in [-0.3, -0.25) is 4.79 Å². The minimum absolute atomic E-state index is 0.126. The maximum Gasteiger partial charge on any atom is 0.255 e. The number of aromatic nitrogens is 2. The number of piperidine rings is 1. The van der Waals surface area contributed by atoms with Crippen molar-refractivity contribution in [2.24, 2.45) is 0 Å². The average molecular weight is 429 g/mol. The van der Waals surface area contributed by atoms with E-state index in [0.29, 0.717) is 22.7 Å². The summed E-state index contributed by atoms with van der Waals surface area (Å²) in [4.78, 5) is 23.6. The van der Waals surface area contributed by atoms with Crippen molar-refractivity contribution in [3.05, 3.63) is 72.4 Å². The Hall–Kier alpha value is -3.67. The van der Waals surface area contributed by atoms with Crippen LogP contribution in [-0.4, -0.2) is 29.0 Å². The van der Waals surface area contributed by atoms with E-state index in [1.54, 1.807) is 6.20 Å². The van der Waals surface area contributed by atoms with Crippen molar-refractivity contribution < 1.29 is 9.21 Å². The minimum Gasteiger partial charge on any atom is -0.434 e. The second kappa shape index (κ2) is 10.1. The highest BCUT2D eigenvalue weighted by molar-refractivity contribution is 6.04. The van der Waals surface area contributed by atoms with Gasteiger partial charge in [-0.1, -0.05) is 13.8 Å². The number of rotatable bonds is 4. The summed E-state index contributed by atoms with van der Waals surface area (Å²) in [6.45, 7) is 6.18.